The van der Waals surface area contributed by atoms with Crippen molar-refractivity contribution >= 4 is 11.6 Å². The third-order valence-electron chi connectivity index (χ3n) is 5.08. The Balaban J connectivity index is 1.74. The van der Waals surface area contributed by atoms with Gasteiger partial charge in [0.2, 0.25) is 0 Å². The number of nitrogens with zero attached hydrogens (tertiary/aromatic N) is 2. The van der Waals surface area contributed by atoms with Crippen LogP contribution in [0.15, 0.2) is 55.1 Å². The van der Waals surface area contributed by atoms with Crippen LogP contribution in [0.25, 0.3) is 0 Å². The van der Waals surface area contributed by atoms with Crippen LogP contribution in [-0.2, 0) is 0 Å². The number of hydrogen-bond donors (Lipinski definition) is 0. The molecule has 0 N–H and O–H groups in total. The van der Waals surface area contributed by atoms with Crippen molar-refractivity contribution in [3.63, 3.8) is 0 Å². The fraction of sp³-hybridized carbons (Fsp3) is 0.400. The number of rotatable bonds is 12. The molecular weight excluding hydrogens is 379 g/mol. The van der Waals surface area contributed by atoms with Crippen molar-refractivity contribution in [1.82, 2.24) is 4.90 Å². The van der Waals surface area contributed by atoms with Gasteiger partial charge in [0, 0.05) is 24.8 Å². The summed E-state index contributed by atoms with van der Waals surface area (Å²) in [6.07, 6.45) is 6.48. The lowest BCUT2D eigenvalue weighted by Gasteiger charge is -2.18. The molecule has 0 atom stereocenters. The van der Waals surface area contributed by atoms with Gasteiger partial charge in [0.15, 0.2) is 0 Å². The molecule has 2 aromatic rings. The predicted octanol–water partition coefficient (Wildman–Crippen LogP) is 5.47. The largest absolute Gasteiger partial charge is 0.494 e. The summed E-state index contributed by atoms with van der Waals surface area (Å²) in [5, 5.41) is 0. The molecule has 0 saturated heterocycles. The lowest BCUT2D eigenvalue weighted by atomic mass is 10.1. The van der Waals surface area contributed by atoms with Crippen LogP contribution >= 0.6 is 0 Å². The lowest BCUT2D eigenvalue weighted by Crippen LogP contribution is -2.26. The zero-order valence-electron chi connectivity index (χ0n) is 18.4. The van der Waals surface area contributed by atoms with Gasteiger partial charge in [-0.25, -0.2) is 4.39 Å². The Morgan fingerprint density at radius 2 is 1.77 bits per heavy atom. The van der Waals surface area contributed by atoms with Crippen LogP contribution in [0.3, 0.4) is 0 Å². The maximum absolute atomic E-state index is 13.4. The molecule has 2 rings (SSSR count). The van der Waals surface area contributed by atoms with Gasteiger partial charge in [0.1, 0.15) is 11.6 Å². The van der Waals surface area contributed by atoms with Crippen LogP contribution in [-0.4, -0.2) is 44.6 Å². The van der Waals surface area contributed by atoms with E-state index in [9.17, 15) is 9.18 Å². The molecule has 1 amide bonds. The molecule has 2 aromatic carbocycles. The van der Waals surface area contributed by atoms with Crippen molar-refractivity contribution in [2.24, 2.45) is 0 Å². The van der Waals surface area contributed by atoms with Gasteiger partial charge >= 0.3 is 0 Å². The molecule has 0 fully saturated rings. The molecule has 0 saturated carbocycles. The highest BCUT2D eigenvalue weighted by atomic mass is 19.1. The molecular formula is C25H33FN2O2. The fourth-order valence-electron chi connectivity index (χ4n) is 3.19. The summed E-state index contributed by atoms with van der Waals surface area (Å²) >= 11 is 0. The van der Waals surface area contributed by atoms with Gasteiger partial charge in [-0.3, -0.25) is 4.79 Å². The molecule has 0 aliphatic heterocycles. The molecule has 0 bridgehead atoms. The number of hydrogen-bond acceptors (Lipinski definition) is 3. The van der Waals surface area contributed by atoms with Gasteiger partial charge in [0.05, 0.1) is 6.61 Å². The Hall–Kier alpha value is -2.66. The number of amides is 1. The quantitative estimate of drug-likeness (QED) is 0.342. The Morgan fingerprint density at radius 3 is 2.43 bits per heavy atom. The zero-order chi connectivity index (χ0) is 21.9. The molecule has 162 valence electrons. The van der Waals surface area contributed by atoms with Crippen LogP contribution in [0.2, 0.25) is 0 Å². The minimum Gasteiger partial charge on any atom is -0.494 e. The smallest absolute Gasteiger partial charge is 0.258 e. The maximum atomic E-state index is 13.4. The van der Waals surface area contributed by atoms with Gasteiger partial charge in [-0.05, 0) is 81.4 Å². The number of carbonyl (C=O) groups excluding carboxylic acids is 1. The Morgan fingerprint density at radius 1 is 1.07 bits per heavy atom. The minimum atomic E-state index is -0.310. The molecule has 0 aliphatic carbocycles. The summed E-state index contributed by atoms with van der Waals surface area (Å²) < 4.78 is 19.2. The van der Waals surface area contributed by atoms with Crippen molar-refractivity contribution in [1.29, 1.82) is 0 Å². The molecule has 4 nitrogen and oxygen atoms in total. The molecule has 0 aliphatic rings. The SMILES string of the molecule is C=CCN(C)CCCCCCOc1ccc(N(C)C(=O)c2ccc(F)c(C)c2)cc1. The van der Waals surface area contributed by atoms with Crippen molar-refractivity contribution in [3.05, 3.63) is 72.1 Å². The van der Waals surface area contributed by atoms with E-state index in [1.54, 1.807) is 24.9 Å². The van der Waals surface area contributed by atoms with E-state index < -0.39 is 0 Å². The average molecular weight is 413 g/mol. The van der Waals surface area contributed by atoms with Crippen molar-refractivity contribution in [2.45, 2.75) is 32.6 Å². The fourth-order valence-corrected chi connectivity index (χ4v) is 3.19. The van der Waals surface area contributed by atoms with E-state index in [-0.39, 0.29) is 11.7 Å². The summed E-state index contributed by atoms with van der Waals surface area (Å²) in [7, 11) is 3.82. The first-order valence-corrected chi connectivity index (χ1v) is 10.5. The molecule has 0 unspecified atom stereocenters. The third kappa shape index (κ3) is 7.30. The van der Waals surface area contributed by atoms with E-state index in [2.05, 4.69) is 18.5 Å². The van der Waals surface area contributed by atoms with Crippen LogP contribution < -0.4 is 9.64 Å². The summed E-state index contributed by atoms with van der Waals surface area (Å²) in [6.45, 7) is 8.12. The van der Waals surface area contributed by atoms with Crippen LogP contribution in [0.1, 0.15) is 41.6 Å². The number of likely N-dealkylation sites (N-methyl/N-ethyl adjacent to an activating group) is 1. The Labute approximate surface area is 180 Å². The summed E-state index contributed by atoms with van der Waals surface area (Å²) in [6, 6.07) is 11.9. The number of aryl methyl sites for hydroxylation is 1. The number of halogens is 1. The number of anilines is 1. The molecule has 30 heavy (non-hydrogen) atoms. The van der Waals surface area contributed by atoms with Crippen LogP contribution in [0.4, 0.5) is 10.1 Å². The van der Waals surface area contributed by atoms with Crippen molar-refractivity contribution < 1.29 is 13.9 Å². The highest BCUT2D eigenvalue weighted by Crippen LogP contribution is 2.21. The minimum absolute atomic E-state index is 0.175. The number of carbonyl (C=O) groups is 1. The number of benzene rings is 2. The van der Waals surface area contributed by atoms with E-state index >= 15 is 0 Å². The second-order valence-corrected chi connectivity index (χ2v) is 7.64. The monoisotopic (exact) mass is 412 g/mol. The molecule has 0 spiro atoms. The van der Waals surface area contributed by atoms with Gasteiger partial charge in [-0.15, -0.1) is 6.58 Å². The zero-order valence-corrected chi connectivity index (χ0v) is 18.4. The normalized spacial score (nSPS) is 10.8. The number of unbranched alkanes of at least 4 members (excludes halogenated alkanes) is 3. The predicted molar refractivity (Wildman–Crippen MR) is 122 cm³/mol. The second-order valence-electron chi connectivity index (χ2n) is 7.64. The second kappa shape index (κ2) is 12.1. The molecule has 0 aromatic heterocycles. The van der Waals surface area contributed by atoms with E-state index in [1.165, 1.54) is 25.0 Å². The Bertz CT molecular complexity index is 820. The van der Waals surface area contributed by atoms with Crippen LogP contribution in [0, 0.1) is 12.7 Å². The van der Waals surface area contributed by atoms with Gasteiger partial charge < -0.3 is 14.5 Å². The van der Waals surface area contributed by atoms with Crippen molar-refractivity contribution in [2.75, 3.05) is 38.7 Å². The molecule has 5 heteroatoms. The first kappa shape index (κ1) is 23.6. The molecule has 0 radical (unpaired) electrons. The first-order chi connectivity index (χ1) is 14.4. The van der Waals surface area contributed by atoms with Crippen LogP contribution in [0.5, 0.6) is 5.75 Å². The van der Waals surface area contributed by atoms with Crippen molar-refractivity contribution in [3.8, 4) is 5.75 Å². The molecule has 0 heterocycles. The lowest BCUT2D eigenvalue weighted by molar-refractivity contribution is 0.0993. The standard InChI is InChI=1S/C25H33FN2O2/c1-5-16-27(3)17-8-6-7-9-18-30-23-13-11-22(12-14-23)28(4)25(29)21-10-15-24(26)20(2)19-21/h5,10-15,19H,1,6-9,16-18H2,2-4H3. The third-order valence-corrected chi connectivity index (χ3v) is 5.08. The maximum Gasteiger partial charge on any atom is 0.258 e. The van der Waals surface area contributed by atoms with Gasteiger partial charge in [-0.2, -0.15) is 0 Å². The van der Waals surface area contributed by atoms with E-state index in [4.69, 9.17) is 4.74 Å². The summed E-state index contributed by atoms with van der Waals surface area (Å²) in [5.74, 6) is 0.309. The topological polar surface area (TPSA) is 32.8 Å². The van der Waals surface area contributed by atoms with E-state index in [1.807, 2.05) is 30.3 Å². The Kier molecular flexibility index (Phi) is 9.55. The first-order valence-electron chi connectivity index (χ1n) is 10.5. The average Bonchev–Trinajstić information content (AvgIpc) is 2.74. The summed E-state index contributed by atoms with van der Waals surface area (Å²) in [4.78, 5) is 16.5. The van der Waals surface area contributed by atoms with E-state index in [0.29, 0.717) is 17.7 Å². The van der Waals surface area contributed by atoms with E-state index in [0.717, 1.165) is 37.4 Å². The summed E-state index contributed by atoms with van der Waals surface area (Å²) in [5.41, 5.74) is 1.69. The van der Waals surface area contributed by atoms with Gasteiger partial charge in [-0.1, -0.05) is 18.9 Å². The highest BCUT2D eigenvalue weighted by molar-refractivity contribution is 6.05. The van der Waals surface area contributed by atoms with Gasteiger partial charge in [0.25, 0.3) is 5.91 Å². The highest BCUT2D eigenvalue weighted by Gasteiger charge is 2.14. The number of ether oxygens (including phenoxy) is 1.